The maximum Gasteiger partial charge on any atom is 0.227 e. The van der Waals surface area contributed by atoms with E-state index in [0.29, 0.717) is 17.4 Å². The number of rotatable bonds is 3. The maximum absolute atomic E-state index is 6.28. The summed E-state index contributed by atoms with van der Waals surface area (Å²) in [4.78, 5) is 15.0. The first-order chi connectivity index (χ1) is 21.3. The van der Waals surface area contributed by atoms with E-state index in [1.165, 1.54) is 10.8 Å². The molecule has 0 spiro atoms. The van der Waals surface area contributed by atoms with Gasteiger partial charge >= 0.3 is 0 Å². The number of benzene rings is 6. The van der Waals surface area contributed by atoms with Crippen LogP contribution in [0, 0.1) is 0 Å². The van der Waals surface area contributed by atoms with E-state index in [1.807, 2.05) is 30.3 Å². The predicted molar refractivity (Wildman–Crippen MR) is 176 cm³/mol. The molecular formula is C38H23N4O-. The van der Waals surface area contributed by atoms with Gasteiger partial charge in [-0.05, 0) is 68.6 Å². The van der Waals surface area contributed by atoms with Gasteiger partial charge in [-0.3, -0.25) is 4.99 Å². The number of aromatic nitrogens is 1. The molecule has 0 amide bonds. The number of pyridine rings is 1. The fourth-order valence-electron chi connectivity index (χ4n) is 6.09. The minimum atomic E-state index is -0.517. The lowest BCUT2D eigenvalue weighted by Gasteiger charge is -2.33. The first-order valence-electron chi connectivity index (χ1n) is 14.3. The number of aliphatic imine (C=N–C) groups is 2. The predicted octanol–water partition coefficient (Wildman–Crippen LogP) is 9.72. The largest absolute Gasteiger partial charge is 0.438 e. The number of nitrogens with zero attached hydrogens (tertiary/aromatic N) is 4. The van der Waals surface area contributed by atoms with Gasteiger partial charge in [0.1, 0.15) is 5.58 Å². The lowest BCUT2D eigenvalue weighted by molar-refractivity contribution is 0.655. The second-order valence-electron chi connectivity index (χ2n) is 10.9. The summed E-state index contributed by atoms with van der Waals surface area (Å²) in [6.07, 6.45) is -0.517. The lowest BCUT2D eigenvalue weighted by Crippen LogP contribution is -2.16. The highest BCUT2D eigenvalue weighted by Gasteiger charge is 2.20. The number of hydrogen-bond acceptors (Lipinski definition) is 4. The molecule has 5 heteroatoms. The van der Waals surface area contributed by atoms with Crippen LogP contribution in [0.25, 0.3) is 59.8 Å². The van der Waals surface area contributed by atoms with Gasteiger partial charge in [-0.15, -0.1) is 0 Å². The van der Waals surface area contributed by atoms with Crippen LogP contribution < -0.4 is 0 Å². The smallest absolute Gasteiger partial charge is 0.227 e. The van der Waals surface area contributed by atoms with Crippen molar-refractivity contribution in [2.45, 2.75) is 6.17 Å². The molecule has 1 unspecified atom stereocenters. The van der Waals surface area contributed by atoms with Gasteiger partial charge in [-0.2, -0.15) is 0 Å². The topological polar surface area (TPSA) is 64.8 Å². The van der Waals surface area contributed by atoms with Crippen LogP contribution in [0.15, 0.2) is 148 Å². The normalized spacial score (nSPS) is 15.2. The fraction of sp³-hybridized carbons (Fsp3) is 0.0263. The minimum absolute atomic E-state index is 0.517. The Morgan fingerprint density at radius 1 is 0.581 bits per heavy atom. The molecule has 6 aromatic carbocycles. The molecule has 0 saturated heterocycles. The van der Waals surface area contributed by atoms with Crippen LogP contribution in [0.1, 0.15) is 22.9 Å². The molecule has 0 radical (unpaired) electrons. The van der Waals surface area contributed by atoms with Gasteiger partial charge in [0.05, 0.1) is 17.5 Å². The summed E-state index contributed by atoms with van der Waals surface area (Å²) in [5.74, 6) is 1.31. The Bertz CT molecular complexity index is 2450. The Labute approximate surface area is 246 Å². The highest BCUT2D eigenvalue weighted by molar-refractivity contribution is 6.20. The molecule has 1 aliphatic heterocycles. The number of amidine groups is 2. The molecular weight excluding hydrogens is 528 g/mol. The standard InChI is InChI=1S/C38H23N4O/c1-3-10-25-20-28(18-16-23(25)8-1)35-40-36(29-19-17-24-9-2-4-11-26(24)21-29)42-37(41-35)30-13-7-15-33-34(30)31-22-27-12-5-6-14-32(27)39-38(31)43-33/h1-22,37H/q-1. The lowest BCUT2D eigenvalue weighted by atomic mass is 10.0. The molecule has 0 bridgehead atoms. The molecule has 9 rings (SSSR count). The minimum Gasteiger partial charge on any atom is -0.438 e. The van der Waals surface area contributed by atoms with Gasteiger partial charge in [0.2, 0.25) is 5.71 Å². The summed E-state index contributed by atoms with van der Waals surface area (Å²) in [6, 6.07) is 45.8. The Balaban J connectivity index is 1.25. The summed E-state index contributed by atoms with van der Waals surface area (Å²) < 4.78 is 6.28. The zero-order valence-electron chi connectivity index (χ0n) is 23.0. The van der Waals surface area contributed by atoms with Crippen LogP contribution in [0.2, 0.25) is 0 Å². The Kier molecular flexibility index (Phi) is 5.19. The number of fused-ring (bicyclic) bond motifs is 6. The molecule has 202 valence electrons. The van der Waals surface area contributed by atoms with Gasteiger partial charge < -0.3 is 14.7 Å². The molecule has 0 saturated carbocycles. The third-order valence-corrected chi connectivity index (χ3v) is 8.22. The number of furan rings is 1. The SMILES string of the molecule is c1ccc2cc(C3=NC(c4cccc5oc6nc7ccccc7cc6c45)[N-]C(c4ccc5ccccc5c4)=N3)ccc2c1. The highest BCUT2D eigenvalue weighted by atomic mass is 16.3. The van der Waals surface area contributed by atoms with Gasteiger partial charge in [0.15, 0.2) is 0 Å². The van der Waals surface area contributed by atoms with Crippen molar-refractivity contribution in [3.8, 4) is 0 Å². The summed E-state index contributed by atoms with van der Waals surface area (Å²) in [5, 5.41) is 12.8. The van der Waals surface area contributed by atoms with Crippen molar-refractivity contribution in [2.75, 3.05) is 0 Å². The van der Waals surface area contributed by atoms with Gasteiger partial charge in [0, 0.05) is 16.2 Å². The third kappa shape index (κ3) is 3.97. The van der Waals surface area contributed by atoms with E-state index < -0.39 is 6.17 Å². The van der Waals surface area contributed by atoms with Crippen molar-refractivity contribution >= 4 is 66.2 Å². The summed E-state index contributed by atoms with van der Waals surface area (Å²) in [6.45, 7) is 0. The summed E-state index contributed by atoms with van der Waals surface area (Å²) in [5.41, 5.74) is 5.14. The van der Waals surface area contributed by atoms with Gasteiger partial charge in [-0.1, -0.05) is 109 Å². The van der Waals surface area contributed by atoms with E-state index in [4.69, 9.17) is 24.7 Å². The molecule has 3 heterocycles. The number of hydrogen-bond donors (Lipinski definition) is 0. The van der Waals surface area contributed by atoms with Gasteiger partial charge in [0.25, 0.3) is 0 Å². The molecule has 0 N–H and O–H groups in total. The highest BCUT2D eigenvalue weighted by Crippen LogP contribution is 2.40. The van der Waals surface area contributed by atoms with Gasteiger partial charge in [-0.25, -0.2) is 4.98 Å². The molecule has 1 atom stereocenters. The van der Waals surface area contributed by atoms with Crippen molar-refractivity contribution in [3.63, 3.8) is 0 Å². The van der Waals surface area contributed by atoms with Crippen molar-refractivity contribution in [2.24, 2.45) is 9.98 Å². The zero-order chi connectivity index (χ0) is 28.3. The average molecular weight is 552 g/mol. The van der Waals surface area contributed by atoms with Crippen molar-refractivity contribution in [3.05, 3.63) is 155 Å². The Morgan fingerprint density at radius 3 is 2.05 bits per heavy atom. The Hall–Kier alpha value is -5.81. The van der Waals surface area contributed by atoms with Crippen LogP contribution in [0.5, 0.6) is 0 Å². The van der Waals surface area contributed by atoms with Crippen LogP contribution >= 0.6 is 0 Å². The van der Waals surface area contributed by atoms with E-state index in [9.17, 15) is 0 Å². The molecule has 8 aromatic rings. The summed E-state index contributed by atoms with van der Waals surface area (Å²) >= 11 is 0. The molecule has 5 nitrogen and oxygen atoms in total. The van der Waals surface area contributed by atoms with Crippen LogP contribution in [-0.4, -0.2) is 16.7 Å². The molecule has 0 fully saturated rings. The molecule has 0 aliphatic carbocycles. The van der Waals surface area contributed by atoms with Crippen LogP contribution in [0.4, 0.5) is 0 Å². The molecule has 43 heavy (non-hydrogen) atoms. The van der Waals surface area contributed by atoms with E-state index in [2.05, 4.69) is 103 Å². The first kappa shape index (κ1) is 23.9. The fourth-order valence-corrected chi connectivity index (χ4v) is 6.09. The number of para-hydroxylation sites is 1. The van der Waals surface area contributed by atoms with E-state index >= 15 is 0 Å². The second kappa shape index (κ2) is 9.36. The van der Waals surface area contributed by atoms with Crippen LogP contribution in [0.3, 0.4) is 0 Å². The molecule has 1 aliphatic rings. The van der Waals surface area contributed by atoms with Crippen molar-refractivity contribution in [1.82, 2.24) is 4.98 Å². The second-order valence-corrected chi connectivity index (χ2v) is 10.9. The third-order valence-electron chi connectivity index (χ3n) is 8.22. The zero-order valence-corrected chi connectivity index (χ0v) is 23.0. The average Bonchev–Trinajstić information content (AvgIpc) is 3.44. The Morgan fingerprint density at radius 2 is 1.26 bits per heavy atom. The molecule has 2 aromatic heterocycles. The van der Waals surface area contributed by atoms with E-state index in [1.54, 1.807) is 0 Å². The monoisotopic (exact) mass is 551 g/mol. The first-order valence-corrected chi connectivity index (χ1v) is 14.3. The maximum atomic E-state index is 6.28. The van der Waals surface area contributed by atoms with E-state index in [0.717, 1.165) is 54.7 Å². The van der Waals surface area contributed by atoms with Crippen LogP contribution in [-0.2, 0) is 0 Å². The van der Waals surface area contributed by atoms with E-state index in [-0.39, 0.29) is 0 Å². The van der Waals surface area contributed by atoms with Crippen molar-refractivity contribution in [1.29, 1.82) is 0 Å². The van der Waals surface area contributed by atoms with Crippen molar-refractivity contribution < 1.29 is 4.42 Å². The summed E-state index contributed by atoms with van der Waals surface area (Å²) in [7, 11) is 0. The quantitative estimate of drug-likeness (QED) is 0.219.